The second-order valence-electron chi connectivity index (χ2n) is 5.60. The lowest BCUT2D eigenvalue weighted by Gasteiger charge is -2.13. The van der Waals surface area contributed by atoms with Crippen molar-refractivity contribution in [1.82, 2.24) is 10.1 Å². The largest absolute Gasteiger partial charge is 0.360 e. The van der Waals surface area contributed by atoms with Crippen LogP contribution in [0.3, 0.4) is 0 Å². The van der Waals surface area contributed by atoms with Crippen molar-refractivity contribution < 1.29 is 9.32 Å². The van der Waals surface area contributed by atoms with E-state index in [4.69, 9.17) is 4.52 Å². The van der Waals surface area contributed by atoms with Gasteiger partial charge in [-0.2, -0.15) is 0 Å². The Labute approximate surface area is 139 Å². The van der Waals surface area contributed by atoms with E-state index in [0.717, 1.165) is 22.5 Å². The number of nitrogens with zero attached hydrogens (tertiary/aromatic N) is 2. The highest BCUT2D eigenvalue weighted by molar-refractivity contribution is 6.02. The molecule has 24 heavy (non-hydrogen) atoms. The van der Waals surface area contributed by atoms with Crippen LogP contribution in [0.4, 0.5) is 17.2 Å². The average molecular weight is 322 g/mol. The molecule has 3 rings (SSSR count). The summed E-state index contributed by atoms with van der Waals surface area (Å²) in [4.78, 5) is 16.4. The Morgan fingerprint density at radius 3 is 2.50 bits per heavy atom. The van der Waals surface area contributed by atoms with E-state index in [1.807, 2.05) is 38.1 Å². The number of para-hydroxylation sites is 1. The van der Waals surface area contributed by atoms with Gasteiger partial charge in [-0.15, -0.1) is 0 Å². The maximum absolute atomic E-state index is 12.3. The first-order valence-electron chi connectivity index (χ1n) is 7.57. The van der Waals surface area contributed by atoms with E-state index < -0.39 is 0 Å². The number of rotatable bonds is 4. The molecule has 1 aromatic carbocycles. The molecule has 3 aromatic rings. The van der Waals surface area contributed by atoms with Crippen LogP contribution in [0.2, 0.25) is 0 Å². The van der Waals surface area contributed by atoms with Gasteiger partial charge < -0.3 is 15.2 Å². The molecule has 0 aliphatic carbocycles. The Morgan fingerprint density at radius 2 is 1.83 bits per heavy atom. The monoisotopic (exact) mass is 322 g/mol. The number of aromatic nitrogens is 2. The van der Waals surface area contributed by atoms with E-state index in [1.165, 1.54) is 0 Å². The number of benzene rings is 1. The quantitative estimate of drug-likeness (QED) is 0.759. The third-order valence-electron chi connectivity index (χ3n) is 3.61. The fourth-order valence-corrected chi connectivity index (χ4v) is 2.39. The molecule has 0 aliphatic heterocycles. The predicted octanol–water partition coefficient (Wildman–Crippen LogP) is 3.99. The zero-order valence-corrected chi connectivity index (χ0v) is 13.8. The zero-order chi connectivity index (χ0) is 17.1. The number of carbonyl (C=O) groups is 1. The summed E-state index contributed by atoms with van der Waals surface area (Å²) < 4.78 is 4.93. The zero-order valence-electron chi connectivity index (χ0n) is 13.8. The molecule has 0 saturated heterocycles. The smallest absolute Gasteiger partial charge is 0.275 e. The van der Waals surface area contributed by atoms with E-state index in [9.17, 15) is 4.79 Å². The van der Waals surface area contributed by atoms with Crippen molar-refractivity contribution in [2.75, 3.05) is 10.6 Å². The van der Waals surface area contributed by atoms with Crippen LogP contribution < -0.4 is 10.6 Å². The van der Waals surface area contributed by atoms with Crippen molar-refractivity contribution in [2.24, 2.45) is 0 Å². The lowest BCUT2D eigenvalue weighted by molar-refractivity contribution is 0.102. The summed E-state index contributed by atoms with van der Waals surface area (Å²) in [7, 11) is 0. The molecule has 0 saturated carbocycles. The lowest BCUT2D eigenvalue weighted by Crippen LogP contribution is -2.14. The first kappa shape index (κ1) is 15.7. The molecule has 2 N–H and O–H groups in total. The molecule has 0 bridgehead atoms. The molecule has 2 heterocycles. The van der Waals surface area contributed by atoms with Gasteiger partial charge in [0.15, 0.2) is 5.82 Å². The number of anilines is 3. The highest BCUT2D eigenvalue weighted by atomic mass is 16.5. The van der Waals surface area contributed by atoms with E-state index in [1.54, 1.807) is 25.3 Å². The Bertz CT molecular complexity index is 866. The van der Waals surface area contributed by atoms with Crippen LogP contribution in [-0.4, -0.2) is 16.0 Å². The molecule has 0 unspecified atom stereocenters. The lowest BCUT2D eigenvalue weighted by atomic mass is 10.1. The molecule has 6 heteroatoms. The number of pyridine rings is 1. The Hall–Kier alpha value is -3.15. The molecule has 0 aliphatic rings. The summed E-state index contributed by atoms with van der Waals surface area (Å²) in [5.41, 5.74) is 4.39. The van der Waals surface area contributed by atoms with Crippen LogP contribution in [0.25, 0.3) is 0 Å². The van der Waals surface area contributed by atoms with Crippen LogP contribution in [0.1, 0.15) is 27.4 Å². The highest BCUT2D eigenvalue weighted by Crippen LogP contribution is 2.24. The second-order valence-corrected chi connectivity index (χ2v) is 5.60. The molecule has 6 nitrogen and oxygen atoms in total. The third-order valence-corrected chi connectivity index (χ3v) is 3.61. The Morgan fingerprint density at radius 1 is 1.08 bits per heavy atom. The summed E-state index contributed by atoms with van der Waals surface area (Å²) in [6, 6.07) is 11.3. The third kappa shape index (κ3) is 3.43. The van der Waals surface area contributed by atoms with Gasteiger partial charge in [0.05, 0.1) is 0 Å². The maximum atomic E-state index is 12.3. The van der Waals surface area contributed by atoms with Gasteiger partial charge >= 0.3 is 0 Å². The molecule has 0 atom stereocenters. The van der Waals surface area contributed by atoms with Crippen LogP contribution in [0.5, 0.6) is 0 Å². The Balaban J connectivity index is 1.80. The number of hydrogen-bond acceptors (Lipinski definition) is 5. The van der Waals surface area contributed by atoms with Gasteiger partial charge in [0.25, 0.3) is 5.91 Å². The van der Waals surface area contributed by atoms with Crippen LogP contribution >= 0.6 is 0 Å². The summed E-state index contributed by atoms with van der Waals surface area (Å²) >= 11 is 0. The number of carbonyl (C=O) groups excluding carboxylic acids is 1. The topological polar surface area (TPSA) is 80.0 Å². The predicted molar refractivity (Wildman–Crippen MR) is 92.6 cm³/mol. The molecular formula is C18H18N4O2. The standard InChI is InChI=1S/C18H18N4O2/c1-11-5-4-6-12(2)17(11)20-14-7-8-19-15(10-14)18(23)21-16-9-13(3)24-22-16/h4-10H,1-3H3,(H,19,20)(H,21,22,23). The van der Waals surface area contributed by atoms with Gasteiger partial charge in [0.2, 0.25) is 0 Å². The maximum Gasteiger partial charge on any atom is 0.275 e. The summed E-state index contributed by atoms with van der Waals surface area (Å²) in [6.45, 7) is 5.84. The minimum atomic E-state index is -0.339. The summed E-state index contributed by atoms with van der Waals surface area (Å²) in [5, 5.41) is 9.75. The van der Waals surface area contributed by atoms with Gasteiger partial charge in [-0.3, -0.25) is 9.78 Å². The molecule has 122 valence electrons. The van der Waals surface area contributed by atoms with E-state index in [2.05, 4.69) is 20.8 Å². The normalized spacial score (nSPS) is 10.5. The average Bonchev–Trinajstić information content (AvgIpc) is 2.96. The SMILES string of the molecule is Cc1cc(NC(=O)c2cc(Nc3c(C)cccc3C)ccn2)no1. The van der Waals surface area contributed by atoms with Gasteiger partial charge in [-0.1, -0.05) is 23.4 Å². The minimum absolute atomic E-state index is 0.298. The molecule has 0 spiro atoms. The van der Waals surface area contributed by atoms with Gasteiger partial charge in [-0.05, 0) is 44.0 Å². The Kier molecular flexibility index (Phi) is 4.29. The molecule has 1 amide bonds. The van der Waals surface area contributed by atoms with Crippen molar-refractivity contribution in [3.8, 4) is 0 Å². The molecule has 2 aromatic heterocycles. The van der Waals surface area contributed by atoms with Crippen molar-refractivity contribution >= 4 is 23.1 Å². The van der Waals surface area contributed by atoms with Gasteiger partial charge in [0.1, 0.15) is 11.5 Å². The van der Waals surface area contributed by atoms with Crippen molar-refractivity contribution in [3.05, 3.63) is 65.2 Å². The summed E-state index contributed by atoms with van der Waals surface area (Å²) in [5.74, 6) is 0.657. The molecule has 0 fully saturated rings. The second kappa shape index (κ2) is 6.54. The summed E-state index contributed by atoms with van der Waals surface area (Å²) in [6.07, 6.45) is 1.60. The minimum Gasteiger partial charge on any atom is -0.360 e. The number of amides is 1. The number of hydrogen-bond donors (Lipinski definition) is 2. The van der Waals surface area contributed by atoms with Gasteiger partial charge in [-0.25, -0.2) is 0 Å². The highest BCUT2D eigenvalue weighted by Gasteiger charge is 2.11. The van der Waals surface area contributed by atoms with E-state index in [0.29, 0.717) is 17.3 Å². The fourth-order valence-electron chi connectivity index (χ4n) is 2.39. The van der Waals surface area contributed by atoms with E-state index >= 15 is 0 Å². The molecular weight excluding hydrogens is 304 g/mol. The van der Waals surface area contributed by atoms with Gasteiger partial charge in [0, 0.05) is 23.6 Å². The first-order chi connectivity index (χ1) is 11.5. The van der Waals surface area contributed by atoms with Crippen molar-refractivity contribution in [3.63, 3.8) is 0 Å². The molecule has 0 radical (unpaired) electrons. The number of nitrogens with one attached hydrogen (secondary N) is 2. The van der Waals surface area contributed by atoms with Crippen molar-refractivity contribution in [1.29, 1.82) is 0 Å². The van der Waals surface area contributed by atoms with Crippen molar-refractivity contribution in [2.45, 2.75) is 20.8 Å². The number of aryl methyl sites for hydroxylation is 3. The van der Waals surface area contributed by atoms with Crippen LogP contribution in [-0.2, 0) is 0 Å². The first-order valence-corrected chi connectivity index (χ1v) is 7.57. The van der Waals surface area contributed by atoms with E-state index in [-0.39, 0.29) is 5.91 Å². The van der Waals surface area contributed by atoms with Crippen LogP contribution in [0.15, 0.2) is 47.1 Å². The fraction of sp³-hybridized carbons (Fsp3) is 0.167. The van der Waals surface area contributed by atoms with Crippen LogP contribution in [0, 0.1) is 20.8 Å².